The van der Waals surface area contributed by atoms with Crippen molar-refractivity contribution < 1.29 is 4.79 Å². The van der Waals surface area contributed by atoms with E-state index in [0.29, 0.717) is 5.92 Å². The molecule has 3 rings (SSSR count). The molecule has 0 spiro atoms. The largest absolute Gasteiger partial charge is 0.334 e. The number of benzene rings is 1. The highest BCUT2D eigenvalue weighted by atomic mass is 16.2. The van der Waals surface area contributed by atoms with Crippen molar-refractivity contribution in [3.63, 3.8) is 0 Å². The molecule has 1 fully saturated rings. The zero-order valence-electron chi connectivity index (χ0n) is 12.1. The van der Waals surface area contributed by atoms with Crippen molar-refractivity contribution in [2.45, 2.75) is 44.6 Å². The van der Waals surface area contributed by atoms with Gasteiger partial charge in [0, 0.05) is 6.54 Å². The normalized spacial score (nSPS) is 23.4. The van der Waals surface area contributed by atoms with Crippen LogP contribution in [-0.4, -0.2) is 23.9 Å². The van der Waals surface area contributed by atoms with Crippen molar-refractivity contribution in [3.8, 4) is 0 Å². The van der Waals surface area contributed by atoms with Gasteiger partial charge < -0.3 is 10.6 Å². The Bertz CT molecular complexity index is 480. The van der Waals surface area contributed by atoms with Crippen LogP contribution in [0, 0.1) is 5.92 Å². The van der Waals surface area contributed by atoms with Crippen molar-refractivity contribution in [1.29, 1.82) is 0 Å². The van der Waals surface area contributed by atoms with Crippen molar-refractivity contribution in [1.82, 2.24) is 4.90 Å². The summed E-state index contributed by atoms with van der Waals surface area (Å²) < 4.78 is 0. The highest BCUT2D eigenvalue weighted by Gasteiger charge is 2.35. The van der Waals surface area contributed by atoms with Crippen LogP contribution in [0.25, 0.3) is 0 Å². The molecule has 2 N–H and O–H groups in total. The van der Waals surface area contributed by atoms with Gasteiger partial charge in [0.1, 0.15) is 0 Å². The minimum absolute atomic E-state index is 0.107. The molecule has 108 valence electrons. The van der Waals surface area contributed by atoms with Crippen LogP contribution in [0.15, 0.2) is 24.3 Å². The van der Waals surface area contributed by atoms with Crippen molar-refractivity contribution in [2.75, 3.05) is 13.1 Å². The van der Waals surface area contributed by atoms with E-state index in [1.165, 1.54) is 43.2 Å². The monoisotopic (exact) mass is 272 g/mol. The highest BCUT2D eigenvalue weighted by molar-refractivity contribution is 5.79. The Hall–Kier alpha value is -1.35. The lowest BCUT2D eigenvalue weighted by Crippen LogP contribution is -2.46. The fourth-order valence-electron chi connectivity index (χ4n) is 3.95. The van der Waals surface area contributed by atoms with Crippen LogP contribution in [0.1, 0.15) is 49.3 Å². The van der Waals surface area contributed by atoms with Crippen LogP contribution in [0.2, 0.25) is 0 Å². The van der Waals surface area contributed by atoms with Gasteiger partial charge in [-0.05, 0) is 36.3 Å². The van der Waals surface area contributed by atoms with Crippen molar-refractivity contribution >= 4 is 5.91 Å². The molecule has 3 nitrogen and oxygen atoms in total. The molecule has 2 aliphatic rings. The van der Waals surface area contributed by atoms with Gasteiger partial charge >= 0.3 is 0 Å². The maximum absolute atomic E-state index is 12.2. The summed E-state index contributed by atoms with van der Waals surface area (Å²) in [6.45, 7) is 0.958. The van der Waals surface area contributed by atoms with E-state index in [4.69, 9.17) is 5.73 Å². The molecule has 3 heteroatoms. The second-order valence-electron chi connectivity index (χ2n) is 6.08. The zero-order chi connectivity index (χ0) is 13.9. The SMILES string of the molecule is NCC(=O)N1CCc2ccccc2C1C1CCCCC1. The van der Waals surface area contributed by atoms with E-state index >= 15 is 0 Å². The summed E-state index contributed by atoms with van der Waals surface area (Å²) in [7, 11) is 0. The third-order valence-corrected chi connectivity index (χ3v) is 4.92. The van der Waals surface area contributed by atoms with Crippen molar-refractivity contribution in [3.05, 3.63) is 35.4 Å². The van der Waals surface area contributed by atoms with Gasteiger partial charge in [0.15, 0.2) is 0 Å². The van der Waals surface area contributed by atoms with Gasteiger partial charge in [0.05, 0.1) is 12.6 Å². The first-order valence-electron chi connectivity index (χ1n) is 7.88. The molecule has 0 aromatic heterocycles. The average Bonchev–Trinajstić information content (AvgIpc) is 2.53. The number of carbonyl (C=O) groups excluding carboxylic acids is 1. The summed E-state index contributed by atoms with van der Waals surface area (Å²) in [5.41, 5.74) is 8.41. The number of nitrogens with two attached hydrogens (primary N) is 1. The number of fused-ring (bicyclic) bond motifs is 1. The van der Waals surface area contributed by atoms with E-state index in [1.54, 1.807) is 0 Å². The molecule has 1 aromatic rings. The number of hydrogen-bond acceptors (Lipinski definition) is 2. The van der Waals surface area contributed by atoms with E-state index in [0.717, 1.165) is 13.0 Å². The molecule has 0 bridgehead atoms. The lowest BCUT2D eigenvalue weighted by molar-refractivity contribution is -0.134. The molecule has 1 aromatic carbocycles. The number of nitrogens with zero attached hydrogens (tertiary/aromatic N) is 1. The Kier molecular flexibility index (Phi) is 4.06. The Morgan fingerprint density at radius 3 is 2.70 bits per heavy atom. The summed E-state index contributed by atoms with van der Waals surface area (Å²) in [5, 5.41) is 0. The number of carbonyl (C=O) groups is 1. The predicted octanol–water partition coefficient (Wildman–Crippen LogP) is 2.65. The quantitative estimate of drug-likeness (QED) is 0.899. The van der Waals surface area contributed by atoms with Gasteiger partial charge in [-0.3, -0.25) is 4.79 Å². The maximum Gasteiger partial charge on any atom is 0.236 e. The Balaban J connectivity index is 1.95. The number of hydrogen-bond donors (Lipinski definition) is 1. The predicted molar refractivity (Wildman–Crippen MR) is 80.2 cm³/mol. The lowest BCUT2D eigenvalue weighted by Gasteiger charge is -2.43. The zero-order valence-corrected chi connectivity index (χ0v) is 12.1. The van der Waals surface area contributed by atoms with Crippen LogP contribution < -0.4 is 5.73 Å². The highest BCUT2D eigenvalue weighted by Crippen LogP contribution is 2.41. The van der Waals surface area contributed by atoms with Crippen LogP contribution in [0.4, 0.5) is 0 Å². The van der Waals surface area contributed by atoms with Gasteiger partial charge in [-0.25, -0.2) is 0 Å². The smallest absolute Gasteiger partial charge is 0.236 e. The van der Waals surface area contributed by atoms with Crippen molar-refractivity contribution in [2.24, 2.45) is 11.7 Å². The van der Waals surface area contributed by atoms with E-state index < -0.39 is 0 Å². The van der Waals surface area contributed by atoms with Crippen LogP contribution in [0.3, 0.4) is 0 Å². The van der Waals surface area contributed by atoms with Gasteiger partial charge in [-0.1, -0.05) is 43.5 Å². The second-order valence-corrected chi connectivity index (χ2v) is 6.08. The third kappa shape index (κ3) is 2.47. The summed E-state index contributed by atoms with van der Waals surface area (Å²) >= 11 is 0. The first kappa shape index (κ1) is 13.6. The topological polar surface area (TPSA) is 46.3 Å². The van der Waals surface area contributed by atoms with Crippen LogP contribution in [0.5, 0.6) is 0 Å². The molecular weight excluding hydrogens is 248 g/mol. The first-order chi connectivity index (χ1) is 9.81. The minimum atomic E-state index is 0.107. The molecule has 1 heterocycles. The molecule has 0 radical (unpaired) electrons. The van der Waals surface area contributed by atoms with Crippen LogP contribution >= 0.6 is 0 Å². The lowest BCUT2D eigenvalue weighted by atomic mass is 9.77. The van der Waals surface area contributed by atoms with E-state index in [9.17, 15) is 4.79 Å². The Labute approximate surface area is 121 Å². The number of amides is 1. The summed E-state index contributed by atoms with van der Waals surface area (Å²) in [6, 6.07) is 8.90. The second kappa shape index (κ2) is 5.96. The fourth-order valence-corrected chi connectivity index (χ4v) is 3.95. The van der Waals surface area contributed by atoms with E-state index in [-0.39, 0.29) is 18.5 Å². The minimum Gasteiger partial charge on any atom is -0.334 e. The Morgan fingerprint density at radius 1 is 1.20 bits per heavy atom. The molecule has 1 amide bonds. The maximum atomic E-state index is 12.2. The molecule has 1 atom stereocenters. The number of rotatable bonds is 2. The van der Waals surface area contributed by atoms with Gasteiger partial charge in [0.25, 0.3) is 0 Å². The molecular formula is C17H24N2O. The standard InChI is InChI=1S/C17H24N2O/c18-12-16(20)19-11-10-13-6-4-5-9-15(13)17(19)14-7-2-1-3-8-14/h4-6,9,14,17H,1-3,7-8,10-12,18H2. The first-order valence-corrected chi connectivity index (χ1v) is 7.88. The van der Waals surface area contributed by atoms with Gasteiger partial charge in [0.2, 0.25) is 5.91 Å². The Morgan fingerprint density at radius 2 is 1.95 bits per heavy atom. The summed E-state index contributed by atoms with van der Waals surface area (Å²) in [4.78, 5) is 14.3. The summed E-state index contributed by atoms with van der Waals surface area (Å²) in [6.07, 6.45) is 7.39. The van der Waals surface area contributed by atoms with E-state index in [2.05, 4.69) is 29.2 Å². The van der Waals surface area contributed by atoms with Crippen LogP contribution in [-0.2, 0) is 11.2 Å². The average molecular weight is 272 g/mol. The van der Waals surface area contributed by atoms with E-state index in [1.807, 2.05) is 0 Å². The molecule has 0 saturated heterocycles. The molecule has 1 unspecified atom stereocenters. The third-order valence-electron chi connectivity index (χ3n) is 4.92. The molecule has 1 aliphatic heterocycles. The molecule has 20 heavy (non-hydrogen) atoms. The fraction of sp³-hybridized carbons (Fsp3) is 0.588. The summed E-state index contributed by atoms with van der Waals surface area (Å²) in [5.74, 6) is 0.718. The molecule has 1 saturated carbocycles. The molecule has 1 aliphatic carbocycles. The van der Waals surface area contributed by atoms with Gasteiger partial charge in [-0.15, -0.1) is 0 Å². The van der Waals surface area contributed by atoms with Gasteiger partial charge in [-0.2, -0.15) is 0 Å².